The maximum Gasteiger partial charge on any atom is 0.229 e. The number of aromatic nitrogens is 1. The summed E-state index contributed by atoms with van der Waals surface area (Å²) in [6.45, 7) is 2.95. The Balaban J connectivity index is 1.44. The van der Waals surface area contributed by atoms with Gasteiger partial charge in [-0.2, -0.15) is 0 Å². The monoisotopic (exact) mass is 349 g/mol. The Morgan fingerprint density at radius 3 is 2.85 bits per heavy atom. The van der Waals surface area contributed by atoms with Gasteiger partial charge in [-0.15, -0.1) is 0 Å². The first-order chi connectivity index (χ1) is 12.7. The van der Waals surface area contributed by atoms with Crippen molar-refractivity contribution in [3.8, 4) is 0 Å². The Hall–Kier alpha value is -2.62. The van der Waals surface area contributed by atoms with E-state index in [9.17, 15) is 4.79 Å². The van der Waals surface area contributed by atoms with E-state index in [1.54, 1.807) is 11.8 Å². The quantitative estimate of drug-likeness (QED) is 0.701. The molecule has 0 bridgehead atoms. The number of benzene rings is 1. The van der Waals surface area contributed by atoms with Crippen molar-refractivity contribution in [2.24, 2.45) is 0 Å². The molecule has 0 unspecified atom stereocenters. The molecule has 136 valence electrons. The lowest BCUT2D eigenvalue weighted by Crippen LogP contribution is -2.15. The van der Waals surface area contributed by atoms with Gasteiger partial charge in [0, 0.05) is 6.54 Å². The lowest BCUT2D eigenvalue weighted by molar-refractivity contribution is -0.115. The predicted molar refractivity (Wildman–Crippen MR) is 107 cm³/mol. The predicted octanol–water partition coefficient (Wildman–Crippen LogP) is 4.87. The first kappa shape index (κ1) is 18.2. The number of anilines is 2. The molecule has 0 aliphatic heterocycles. The summed E-state index contributed by atoms with van der Waals surface area (Å²) in [5.41, 5.74) is 4.72. The lowest BCUT2D eigenvalue weighted by atomic mass is 9.97. The van der Waals surface area contributed by atoms with Crippen molar-refractivity contribution in [2.75, 3.05) is 17.2 Å². The molecule has 2 aromatic rings. The molecule has 1 heterocycles. The van der Waals surface area contributed by atoms with Crippen LogP contribution >= 0.6 is 0 Å². The third-order valence-corrected chi connectivity index (χ3v) is 4.64. The van der Waals surface area contributed by atoms with E-state index in [0.717, 1.165) is 29.8 Å². The Morgan fingerprint density at radius 2 is 2.12 bits per heavy atom. The van der Waals surface area contributed by atoms with E-state index in [0.29, 0.717) is 12.2 Å². The van der Waals surface area contributed by atoms with Gasteiger partial charge in [0.05, 0.1) is 18.3 Å². The van der Waals surface area contributed by atoms with Crippen LogP contribution in [0.15, 0.2) is 54.2 Å². The van der Waals surface area contributed by atoms with Crippen LogP contribution in [0.4, 0.5) is 11.5 Å². The van der Waals surface area contributed by atoms with Crippen LogP contribution in [-0.2, 0) is 11.2 Å². The van der Waals surface area contributed by atoms with Crippen LogP contribution in [0.5, 0.6) is 0 Å². The van der Waals surface area contributed by atoms with Crippen LogP contribution in [0.3, 0.4) is 0 Å². The fraction of sp³-hybridized carbons (Fsp3) is 0.364. The molecule has 1 aliphatic carbocycles. The molecule has 2 N–H and O–H groups in total. The van der Waals surface area contributed by atoms with Crippen molar-refractivity contribution >= 4 is 17.4 Å². The Morgan fingerprint density at radius 1 is 1.19 bits per heavy atom. The van der Waals surface area contributed by atoms with Crippen molar-refractivity contribution < 1.29 is 4.79 Å². The van der Waals surface area contributed by atoms with Gasteiger partial charge >= 0.3 is 0 Å². The maximum absolute atomic E-state index is 12.2. The second kappa shape index (κ2) is 9.18. The Bertz CT molecular complexity index is 765. The number of hydrogen-bond acceptors (Lipinski definition) is 3. The molecule has 26 heavy (non-hydrogen) atoms. The molecular weight excluding hydrogens is 322 g/mol. The highest BCUT2D eigenvalue weighted by molar-refractivity contribution is 5.91. The highest BCUT2D eigenvalue weighted by atomic mass is 16.1. The number of carbonyl (C=O) groups excluding carboxylic acids is 1. The maximum atomic E-state index is 12.2. The lowest BCUT2D eigenvalue weighted by Gasteiger charge is -2.13. The standard InChI is InChI=1S/C22H27N3O/c1-17-6-5-9-19(14-17)15-22(26)25-21-11-10-20(16-24-21)23-13-12-18-7-3-2-4-8-18/h5-7,9-11,14,16,23H,2-4,8,12-13,15H2,1H3,(H,24,25,26). The van der Waals surface area contributed by atoms with E-state index < -0.39 is 0 Å². The van der Waals surface area contributed by atoms with Gasteiger partial charge in [0.25, 0.3) is 0 Å². The second-order valence-corrected chi connectivity index (χ2v) is 6.93. The number of amides is 1. The Kier molecular flexibility index (Phi) is 6.42. The van der Waals surface area contributed by atoms with Gasteiger partial charge in [-0.1, -0.05) is 41.5 Å². The van der Waals surface area contributed by atoms with E-state index in [1.807, 2.05) is 43.3 Å². The average Bonchev–Trinajstić information content (AvgIpc) is 2.64. The number of allylic oxidation sites excluding steroid dienone is 1. The van der Waals surface area contributed by atoms with Gasteiger partial charge < -0.3 is 10.6 Å². The second-order valence-electron chi connectivity index (χ2n) is 6.93. The molecule has 0 saturated heterocycles. The summed E-state index contributed by atoms with van der Waals surface area (Å²) in [5.74, 6) is 0.538. The Labute approximate surface area is 155 Å². The first-order valence-corrected chi connectivity index (χ1v) is 9.42. The van der Waals surface area contributed by atoms with Gasteiger partial charge in [-0.25, -0.2) is 4.98 Å². The summed E-state index contributed by atoms with van der Waals surface area (Å²) in [6, 6.07) is 11.8. The van der Waals surface area contributed by atoms with Gasteiger partial charge in [0.1, 0.15) is 5.82 Å². The highest BCUT2D eigenvalue weighted by Crippen LogP contribution is 2.20. The van der Waals surface area contributed by atoms with Crippen molar-refractivity contribution in [1.82, 2.24) is 4.98 Å². The summed E-state index contributed by atoms with van der Waals surface area (Å²) in [4.78, 5) is 16.5. The van der Waals surface area contributed by atoms with Crippen LogP contribution in [0.2, 0.25) is 0 Å². The van der Waals surface area contributed by atoms with Gasteiger partial charge in [0.2, 0.25) is 5.91 Å². The zero-order chi connectivity index (χ0) is 18.2. The fourth-order valence-corrected chi connectivity index (χ4v) is 3.27. The van der Waals surface area contributed by atoms with Crippen molar-refractivity contribution in [1.29, 1.82) is 0 Å². The SMILES string of the molecule is Cc1cccc(CC(=O)Nc2ccc(NCCC3=CCCCC3)cn2)c1. The number of carbonyl (C=O) groups is 1. The molecule has 0 saturated carbocycles. The fourth-order valence-electron chi connectivity index (χ4n) is 3.27. The van der Waals surface area contributed by atoms with E-state index in [4.69, 9.17) is 0 Å². The molecule has 1 aromatic heterocycles. The van der Waals surface area contributed by atoms with Crippen LogP contribution in [0.1, 0.15) is 43.2 Å². The van der Waals surface area contributed by atoms with Gasteiger partial charge in [0.15, 0.2) is 0 Å². The minimum absolute atomic E-state index is 0.0481. The molecule has 3 rings (SSSR count). The van der Waals surface area contributed by atoms with E-state index in [-0.39, 0.29) is 5.91 Å². The summed E-state index contributed by atoms with van der Waals surface area (Å²) in [5, 5.41) is 6.26. The average molecular weight is 349 g/mol. The topological polar surface area (TPSA) is 54.0 Å². The zero-order valence-electron chi connectivity index (χ0n) is 15.4. The smallest absolute Gasteiger partial charge is 0.229 e. The summed E-state index contributed by atoms with van der Waals surface area (Å²) in [7, 11) is 0. The molecular formula is C22H27N3O. The first-order valence-electron chi connectivity index (χ1n) is 9.42. The molecule has 1 aliphatic rings. The largest absolute Gasteiger partial charge is 0.383 e. The van der Waals surface area contributed by atoms with E-state index >= 15 is 0 Å². The number of aryl methyl sites for hydroxylation is 1. The van der Waals surface area contributed by atoms with E-state index in [1.165, 1.54) is 25.7 Å². The minimum Gasteiger partial charge on any atom is -0.383 e. The normalized spacial score (nSPS) is 13.8. The minimum atomic E-state index is -0.0481. The van der Waals surface area contributed by atoms with Crippen LogP contribution in [0, 0.1) is 6.92 Å². The van der Waals surface area contributed by atoms with Crippen molar-refractivity contribution in [2.45, 2.75) is 45.4 Å². The third kappa shape index (κ3) is 5.73. The number of rotatable bonds is 7. The number of hydrogen-bond donors (Lipinski definition) is 2. The molecule has 4 heteroatoms. The van der Waals surface area contributed by atoms with Crippen LogP contribution in [0.25, 0.3) is 0 Å². The molecule has 0 spiro atoms. The molecule has 0 atom stereocenters. The summed E-state index contributed by atoms with van der Waals surface area (Å²) < 4.78 is 0. The van der Waals surface area contributed by atoms with Gasteiger partial charge in [-0.05, 0) is 56.7 Å². The molecule has 0 fully saturated rings. The van der Waals surface area contributed by atoms with Crippen molar-refractivity contribution in [3.05, 3.63) is 65.4 Å². The van der Waals surface area contributed by atoms with Crippen LogP contribution in [-0.4, -0.2) is 17.4 Å². The summed E-state index contributed by atoms with van der Waals surface area (Å²) >= 11 is 0. The van der Waals surface area contributed by atoms with Gasteiger partial charge in [-0.3, -0.25) is 4.79 Å². The molecule has 0 radical (unpaired) electrons. The molecule has 4 nitrogen and oxygen atoms in total. The highest BCUT2D eigenvalue weighted by Gasteiger charge is 2.06. The van der Waals surface area contributed by atoms with E-state index in [2.05, 4.69) is 21.7 Å². The van der Waals surface area contributed by atoms with Crippen LogP contribution < -0.4 is 10.6 Å². The third-order valence-electron chi connectivity index (χ3n) is 4.64. The zero-order valence-corrected chi connectivity index (χ0v) is 15.4. The summed E-state index contributed by atoms with van der Waals surface area (Å²) in [6.07, 6.45) is 10.7. The number of nitrogens with zero attached hydrogens (tertiary/aromatic N) is 1. The molecule has 1 aromatic carbocycles. The van der Waals surface area contributed by atoms with Crippen molar-refractivity contribution in [3.63, 3.8) is 0 Å². The molecule has 1 amide bonds. The number of pyridine rings is 1. The number of nitrogens with one attached hydrogen (secondary N) is 2.